The molecule has 2 N–H and O–H groups in total. The molecule has 2 rings (SSSR count). The molecule has 0 fully saturated rings. The van der Waals surface area contributed by atoms with Gasteiger partial charge in [-0.15, -0.1) is 6.58 Å². The Kier molecular flexibility index (Phi) is 3.46. The summed E-state index contributed by atoms with van der Waals surface area (Å²) in [6, 6.07) is 4.03. The van der Waals surface area contributed by atoms with Gasteiger partial charge in [0, 0.05) is 30.4 Å². The zero-order valence-corrected chi connectivity index (χ0v) is 10.8. The van der Waals surface area contributed by atoms with Gasteiger partial charge in [0.15, 0.2) is 0 Å². The Morgan fingerprint density at radius 3 is 2.94 bits per heavy atom. The number of nitrogens with zero attached hydrogens (tertiary/aromatic N) is 3. The van der Waals surface area contributed by atoms with Crippen molar-refractivity contribution in [3.05, 3.63) is 42.9 Å². The van der Waals surface area contributed by atoms with Gasteiger partial charge in [0.2, 0.25) is 0 Å². The number of hydrogen-bond donors (Lipinski definition) is 1. The van der Waals surface area contributed by atoms with Crippen molar-refractivity contribution >= 4 is 5.69 Å². The van der Waals surface area contributed by atoms with Crippen LogP contribution in [0.4, 0.5) is 5.69 Å². The van der Waals surface area contributed by atoms with Gasteiger partial charge in [0.05, 0.1) is 17.6 Å². The van der Waals surface area contributed by atoms with Crippen LogP contribution in [0.5, 0.6) is 0 Å². The second-order valence-electron chi connectivity index (χ2n) is 4.47. The fourth-order valence-corrected chi connectivity index (χ4v) is 2.04. The first-order valence-electron chi connectivity index (χ1n) is 5.98. The number of hydrogen-bond acceptors (Lipinski definition) is 3. The average molecular weight is 242 g/mol. The van der Waals surface area contributed by atoms with Crippen molar-refractivity contribution < 1.29 is 0 Å². The molecule has 0 aliphatic carbocycles. The molecule has 0 aromatic carbocycles. The molecular formula is C14H18N4. The number of nitrogen functional groups attached to an aromatic ring is 1. The SMILES string of the molecule is C=CCC(C)c1cc(-c2c(N)cnn2C)ccn1. The molecule has 0 saturated heterocycles. The third-order valence-corrected chi connectivity index (χ3v) is 3.05. The standard InChI is InChI=1S/C14H18N4/c1-4-5-10(2)13-8-11(6-7-16-13)14-12(15)9-17-18(14)3/h4,6-10H,1,5,15H2,2-3H3. The Labute approximate surface area is 107 Å². The molecule has 0 spiro atoms. The van der Waals surface area contributed by atoms with E-state index in [0.29, 0.717) is 11.6 Å². The maximum Gasteiger partial charge on any atom is 0.0909 e. The number of allylic oxidation sites excluding steroid dienone is 1. The van der Waals surface area contributed by atoms with E-state index in [1.165, 1.54) is 0 Å². The molecule has 0 radical (unpaired) electrons. The Bertz CT molecular complexity index is 537. The average Bonchev–Trinajstić information content (AvgIpc) is 2.69. The molecule has 2 aromatic heterocycles. The van der Waals surface area contributed by atoms with E-state index in [1.54, 1.807) is 10.9 Å². The van der Waals surface area contributed by atoms with Crippen molar-refractivity contribution in [3.8, 4) is 11.3 Å². The molecule has 2 heterocycles. The van der Waals surface area contributed by atoms with Crippen LogP contribution in [0.3, 0.4) is 0 Å². The van der Waals surface area contributed by atoms with Gasteiger partial charge < -0.3 is 5.73 Å². The maximum absolute atomic E-state index is 5.94. The molecule has 4 nitrogen and oxygen atoms in total. The van der Waals surface area contributed by atoms with Crippen molar-refractivity contribution in [2.24, 2.45) is 7.05 Å². The molecule has 1 unspecified atom stereocenters. The Morgan fingerprint density at radius 2 is 2.33 bits per heavy atom. The Morgan fingerprint density at radius 1 is 1.56 bits per heavy atom. The van der Waals surface area contributed by atoms with E-state index in [9.17, 15) is 0 Å². The fraction of sp³-hybridized carbons (Fsp3) is 0.286. The summed E-state index contributed by atoms with van der Waals surface area (Å²) in [5.74, 6) is 0.358. The van der Waals surface area contributed by atoms with E-state index in [0.717, 1.165) is 23.4 Å². The van der Waals surface area contributed by atoms with Crippen LogP contribution in [-0.2, 0) is 7.05 Å². The second-order valence-corrected chi connectivity index (χ2v) is 4.47. The molecular weight excluding hydrogens is 224 g/mol. The summed E-state index contributed by atoms with van der Waals surface area (Å²) in [5, 5.41) is 4.16. The quantitative estimate of drug-likeness (QED) is 0.839. The van der Waals surface area contributed by atoms with E-state index >= 15 is 0 Å². The molecule has 2 aromatic rings. The zero-order valence-electron chi connectivity index (χ0n) is 10.8. The Balaban J connectivity index is 2.41. The van der Waals surface area contributed by atoms with Gasteiger partial charge in [-0.05, 0) is 18.6 Å². The van der Waals surface area contributed by atoms with Crippen molar-refractivity contribution in [1.29, 1.82) is 0 Å². The summed E-state index contributed by atoms with van der Waals surface area (Å²) in [4.78, 5) is 4.41. The molecule has 0 aliphatic heterocycles. The molecule has 0 aliphatic rings. The van der Waals surface area contributed by atoms with Crippen LogP contribution >= 0.6 is 0 Å². The van der Waals surface area contributed by atoms with E-state index in [-0.39, 0.29) is 0 Å². The first kappa shape index (κ1) is 12.4. The van der Waals surface area contributed by atoms with Crippen LogP contribution in [0, 0.1) is 0 Å². The highest BCUT2D eigenvalue weighted by molar-refractivity contribution is 5.72. The number of rotatable bonds is 4. The van der Waals surface area contributed by atoms with Crippen LogP contribution in [0.1, 0.15) is 25.0 Å². The molecule has 4 heteroatoms. The van der Waals surface area contributed by atoms with Crippen LogP contribution < -0.4 is 5.73 Å². The van der Waals surface area contributed by atoms with Crippen LogP contribution in [-0.4, -0.2) is 14.8 Å². The maximum atomic E-state index is 5.94. The molecule has 0 saturated carbocycles. The number of pyridine rings is 1. The third kappa shape index (κ3) is 2.27. The summed E-state index contributed by atoms with van der Waals surface area (Å²) in [5.41, 5.74) is 9.66. The molecule has 94 valence electrons. The highest BCUT2D eigenvalue weighted by atomic mass is 15.3. The lowest BCUT2D eigenvalue weighted by Crippen LogP contribution is -1.99. The van der Waals surface area contributed by atoms with Crippen molar-refractivity contribution in [2.45, 2.75) is 19.3 Å². The van der Waals surface area contributed by atoms with Crippen molar-refractivity contribution in [3.63, 3.8) is 0 Å². The minimum absolute atomic E-state index is 0.358. The van der Waals surface area contributed by atoms with Gasteiger partial charge in [-0.1, -0.05) is 13.0 Å². The lowest BCUT2D eigenvalue weighted by Gasteiger charge is -2.10. The summed E-state index contributed by atoms with van der Waals surface area (Å²) >= 11 is 0. The summed E-state index contributed by atoms with van der Waals surface area (Å²) in [6.45, 7) is 5.90. The fourth-order valence-electron chi connectivity index (χ4n) is 2.04. The summed E-state index contributed by atoms with van der Waals surface area (Å²) in [6.07, 6.45) is 6.31. The second kappa shape index (κ2) is 5.04. The minimum Gasteiger partial charge on any atom is -0.396 e. The molecule has 18 heavy (non-hydrogen) atoms. The summed E-state index contributed by atoms with van der Waals surface area (Å²) in [7, 11) is 1.89. The number of aromatic nitrogens is 3. The molecule has 1 atom stereocenters. The van der Waals surface area contributed by atoms with Gasteiger partial charge in [0.1, 0.15) is 0 Å². The molecule has 0 bridgehead atoms. The minimum atomic E-state index is 0.358. The van der Waals surface area contributed by atoms with Gasteiger partial charge in [0.25, 0.3) is 0 Å². The first-order valence-corrected chi connectivity index (χ1v) is 5.98. The highest BCUT2D eigenvalue weighted by Crippen LogP contribution is 2.27. The summed E-state index contributed by atoms with van der Waals surface area (Å²) < 4.78 is 1.78. The lowest BCUT2D eigenvalue weighted by atomic mass is 10.0. The van der Waals surface area contributed by atoms with E-state index in [4.69, 9.17) is 5.73 Å². The van der Waals surface area contributed by atoms with Crippen molar-refractivity contribution in [2.75, 3.05) is 5.73 Å². The smallest absolute Gasteiger partial charge is 0.0909 e. The van der Waals surface area contributed by atoms with Gasteiger partial charge in [-0.3, -0.25) is 9.67 Å². The monoisotopic (exact) mass is 242 g/mol. The van der Waals surface area contributed by atoms with Crippen LogP contribution in [0.15, 0.2) is 37.2 Å². The number of nitrogens with two attached hydrogens (primary N) is 1. The van der Waals surface area contributed by atoms with Crippen molar-refractivity contribution in [1.82, 2.24) is 14.8 Å². The van der Waals surface area contributed by atoms with E-state index in [2.05, 4.69) is 29.7 Å². The van der Waals surface area contributed by atoms with Gasteiger partial charge >= 0.3 is 0 Å². The highest BCUT2D eigenvalue weighted by Gasteiger charge is 2.11. The third-order valence-electron chi connectivity index (χ3n) is 3.05. The Hall–Kier alpha value is -2.10. The largest absolute Gasteiger partial charge is 0.396 e. The number of aryl methyl sites for hydroxylation is 1. The van der Waals surface area contributed by atoms with E-state index < -0.39 is 0 Å². The zero-order chi connectivity index (χ0) is 13.1. The van der Waals surface area contributed by atoms with Crippen LogP contribution in [0.2, 0.25) is 0 Å². The molecule has 0 amide bonds. The predicted molar refractivity (Wildman–Crippen MR) is 74.1 cm³/mol. The topological polar surface area (TPSA) is 56.7 Å². The lowest BCUT2D eigenvalue weighted by molar-refractivity contribution is 0.748. The van der Waals surface area contributed by atoms with Gasteiger partial charge in [-0.25, -0.2) is 0 Å². The first-order chi connectivity index (χ1) is 8.63. The normalized spacial score (nSPS) is 12.3. The van der Waals surface area contributed by atoms with Gasteiger partial charge in [-0.2, -0.15) is 5.10 Å². The number of anilines is 1. The van der Waals surface area contributed by atoms with E-state index in [1.807, 2.05) is 25.4 Å². The van der Waals surface area contributed by atoms with Crippen LogP contribution in [0.25, 0.3) is 11.3 Å². The predicted octanol–water partition coefficient (Wildman–Crippen LogP) is 2.74.